The normalized spacial score (nSPS) is 18.4. The van der Waals surface area contributed by atoms with Gasteiger partial charge in [-0.05, 0) is 30.2 Å². The zero-order valence-electron chi connectivity index (χ0n) is 18.3. The highest BCUT2D eigenvalue weighted by Gasteiger charge is 2.47. The van der Waals surface area contributed by atoms with Gasteiger partial charge in [-0.25, -0.2) is 4.39 Å². The zero-order chi connectivity index (χ0) is 25.1. The minimum absolute atomic E-state index is 0.299. The quantitative estimate of drug-likeness (QED) is 0.524. The van der Waals surface area contributed by atoms with E-state index in [0.717, 1.165) is 17.9 Å². The Hall–Kier alpha value is -3.47. The lowest BCUT2D eigenvalue weighted by Crippen LogP contribution is -2.60. The molecule has 0 unspecified atom stereocenters. The van der Waals surface area contributed by atoms with Crippen molar-refractivity contribution in [2.24, 2.45) is 0 Å². The predicted octanol–water partition coefficient (Wildman–Crippen LogP) is 4.39. The van der Waals surface area contributed by atoms with Gasteiger partial charge >= 0.3 is 6.18 Å². The van der Waals surface area contributed by atoms with E-state index < -0.39 is 53.5 Å². The number of aromatic nitrogens is 1. The van der Waals surface area contributed by atoms with Crippen molar-refractivity contribution in [2.75, 3.05) is 11.7 Å². The molecule has 0 spiro atoms. The SMILES string of the molecule is C[C@H](N1CN([C@@H]2c3ccccc3SCc3c(F)cccc32)n2ccc(=O)c(O)c2C1=O)C(F)(F)F. The fraction of sp³-hybridized carbons (Fsp3) is 0.250. The third-order valence-electron chi connectivity index (χ3n) is 6.37. The van der Waals surface area contributed by atoms with Crippen LogP contribution in [0, 0.1) is 5.82 Å². The van der Waals surface area contributed by atoms with Gasteiger partial charge in [-0.1, -0.05) is 30.3 Å². The molecule has 0 saturated carbocycles. The van der Waals surface area contributed by atoms with Crippen LogP contribution < -0.4 is 10.4 Å². The van der Waals surface area contributed by atoms with Crippen LogP contribution in [0.5, 0.6) is 5.75 Å². The number of halogens is 4. The third kappa shape index (κ3) is 3.74. The van der Waals surface area contributed by atoms with Gasteiger partial charge < -0.3 is 10.0 Å². The highest BCUT2D eigenvalue weighted by Crippen LogP contribution is 2.44. The minimum atomic E-state index is -4.75. The van der Waals surface area contributed by atoms with E-state index in [-0.39, 0.29) is 0 Å². The molecule has 3 aromatic rings. The fourth-order valence-corrected chi connectivity index (χ4v) is 5.62. The number of hydrogen-bond acceptors (Lipinski definition) is 5. The van der Waals surface area contributed by atoms with Crippen molar-refractivity contribution in [3.8, 4) is 5.75 Å². The third-order valence-corrected chi connectivity index (χ3v) is 7.48. The summed E-state index contributed by atoms with van der Waals surface area (Å²) in [6.45, 7) is 0.322. The van der Waals surface area contributed by atoms with Crippen LogP contribution in [-0.2, 0) is 5.75 Å². The summed E-state index contributed by atoms with van der Waals surface area (Å²) in [5, 5.41) is 11.9. The second kappa shape index (κ2) is 8.33. The summed E-state index contributed by atoms with van der Waals surface area (Å²) < 4.78 is 57.3. The Balaban J connectivity index is 1.79. The molecular weight excluding hydrogens is 486 g/mol. The van der Waals surface area contributed by atoms with E-state index in [1.807, 2.05) is 12.1 Å². The fourth-order valence-electron chi connectivity index (χ4n) is 4.50. The van der Waals surface area contributed by atoms with Crippen molar-refractivity contribution in [1.82, 2.24) is 9.58 Å². The lowest BCUT2D eigenvalue weighted by molar-refractivity contribution is -0.173. The standard InChI is InChI=1S/C24H19F4N3O3S/c1-13(24(26,27)28)29-12-31(30-10-9-18(32)22(33)21(30)23(29)34)20-14-6-4-7-17(25)16(14)11-35-19-8-3-2-5-15(19)20/h2-10,13,20,33H,11-12H2,1H3/t13-,20-/m0/s1. The highest BCUT2D eigenvalue weighted by molar-refractivity contribution is 7.98. The van der Waals surface area contributed by atoms with Crippen LogP contribution in [-0.4, -0.2) is 39.5 Å². The molecule has 1 aromatic heterocycles. The summed E-state index contributed by atoms with van der Waals surface area (Å²) in [6.07, 6.45) is -3.51. The van der Waals surface area contributed by atoms with E-state index >= 15 is 0 Å². The van der Waals surface area contributed by atoms with Gasteiger partial charge in [0.15, 0.2) is 11.4 Å². The Labute approximate surface area is 201 Å². The number of aromatic hydroxyl groups is 1. The maximum Gasteiger partial charge on any atom is 0.408 e. The molecule has 2 aliphatic rings. The lowest BCUT2D eigenvalue weighted by atomic mass is 9.94. The van der Waals surface area contributed by atoms with Gasteiger partial charge in [-0.2, -0.15) is 13.2 Å². The smallest absolute Gasteiger partial charge is 0.408 e. The lowest BCUT2D eigenvalue weighted by Gasteiger charge is -2.46. The van der Waals surface area contributed by atoms with Gasteiger partial charge in [0.2, 0.25) is 5.43 Å². The maximum absolute atomic E-state index is 14.9. The molecular formula is C24H19F4N3O3S. The average molecular weight is 505 g/mol. The largest absolute Gasteiger partial charge is 0.502 e. The number of alkyl halides is 3. The molecule has 0 saturated heterocycles. The molecule has 2 aromatic carbocycles. The number of carbonyl (C=O) groups is 1. The minimum Gasteiger partial charge on any atom is -0.502 e. The number of rotatable bonds is 2. The molecule has 1 amide bonds. The summed E-state index contributed by atoms with van der Waals surface area (Å²) in [5.41, 5.74) is 0.125. The van der Waals surface area contributed by atoms with Gasteiger partial charge in [-0.3, -0.25) is 19.3 Å². The molecule has 5 rings (SSSR count). The number of fused-ring (bicyclic) bond motifs is 3. The topological polar surface area (TPSA) is 65.8 Å². The van der Waals surface area contributed by atoms with Gasteiger partial charge in [-0.15, -0.1) is 11.8 Å². The summed E-state index contributed by atoms with van der Waals surface area (Å²) in [7, 11) is 0. The first-order valence-electron chi connectivity index (χ1n) is 10.7. The molecule has 6 nitrogen and oxygen atoms in total. The number of pyridine rings is 1. The van der Waals surface area contributed by atoms with Gasteiger partial charge in [0.05, 0.1) is 6.04 Å². The highest BCUT2D eigenvalue weighted by atomic mass is 32.2. The van der Waals surface area contributed by atoms with E-state index in [4.69, 9.17) is 0 Å². The van der Waals surface area contributed by atoms with Crippen LogP contribution in [0.3, 0.4) is 0 Å². The van der Waals surface area contributed by atoms with E-state index in [1.54, 1.807) is 18.2 Å². The molecule has 1 N–H and O–H groups in total. The van der Waals surface area contributed by atoms with Crippen LogP contribution in [0.25, 0.3) is 0 Å². The molecule has 2 aliphatic heterocycles. The van der Waals surface area contributed by atoms with Crippen molar-refractivity contribution in [3.05, 3.63) is 93.2 Å². The molecule has 2 atom stereocenters. The molecule has 3 heterocycles. The van der Waals surface area contributed by atoms with Gasteiger partial charge in [0.25, 0.3) is 5.91 Å². The van der Waals surface area contributed by atoms with Crippen molar-refractivity contribution in [2.45, 2.75) is 35.8 Å². The predicted molar refractivity (Wildman–Crippen MR) is 121 cm³/mol. The Kier molecular flexibility index (Phi) is 5.54. The van der Waals surface area contributed by atoms with Crippen LogP contribution in [0.4, 0.5) is 17.6 Å². The Morgan fingerprint density at radius 2 is 1.77 bits per heavy atom. The van der Waals surface area contributed by atoms with Gasteiger partial charge in [0, 0.05) is 28.5 Å². The molecule has 35 heavy (non-hydrogen) atoms. The van der Waals surface area contributed by atoms with Gasteiger partial charge in [0.1, 0.15) is 18.5 Å². The monoisotopic (exact) mass is 505 g/mol. The Morgan fingerprint density at radius 1 is 1.06 bits per heavy atom. The first kappa shape index (κ1) is 23.3. The van der Waals surface area contributed by atoms with Crippen molar-refractivity contribution in [1.29, 1.82) is 0 Å². The number of amides is 1. The van der Waals surface area contributed by atoms with E-state index in [2.05, 4.69) is 0 Å². The molecule has 0 aliphatic carbocycles. The summed E-state index contributed by atoms with van der Waals surface area (Å²) in [6, 6.07) is 9.76. The molecule has 0 bridgehead atoms. The van der Waals surface area contributed by atoms with Crippen LogP contribution in [0.15, 0.2) is 64.4 Å². The second-order valence-electron chi connectivity index (χ2n) is 8.33. The molecule has 0 fully saturated rings. The molecule has 11 heteroatoms. The number of carbonyl (C=O) groups excluding carboxylic acids is 1. The first-order valence-corrected chi connectivity index (χ1v) is 11.7. The van der Waals surface area contributed by atoms with E-state index in [0.29, 0.717) is 27.3 Å². The number of thioether (sulfide) groups is 1. The Bertz CT molecular complexity index is 1390. The summed E-state index contributed by atoms with van der Waals surface area (Å²) in [4.78, 5) is 26.7. The number of hydrogen-bond donors (Lipinski definition) is 1. The molecule has 182 valence electrons. The zero-order valence-corrected chi connectivity index (χ0v) is 19.1. The summed E-state index contributed by atoms with van der Waals surface area (Å²) >= 11 is 1.40. The maximum atomic E-state index is 14.9. The van der Waals surface area contributed by atoms with Crippen LogP contribution >= 0.6 is 11.8 Å². The van der Waals surface area contributed by atoms with Crippen LogP contribution in [0.2, 0.25) is 0 Å². The van der Waals surface area contributed by atoms with E-state index in [1.165, 1.54) is 39.8 Å². The average Bonchev–Trinajstić information content (AvgIpc) is 2.98. The first-order chi connectivity index (χ1) is 16.6. The van der Waals surface area contributed by atoms with Crippen molar-refractivity contribution >= 4 is 17.7 Å². The molecule has 0 radical (unpaired) electrons. The second-order valence-corrected chi connectivity index (χ2v) is 9.35. The number of benzene rings is 2. The Morgan fingerprint density at radius 3 is 2.51 bits per heavy atom. The summed E-state index contributed by atoms with van der Waals surface area (Å²) in [5.74, 6) is -2.23. The van der Waals surface area contributed by atoms with E-state index in [9.17, 15) is 32.3 Å². The van der Waals surface area contributed by atoms with Crippen molar-refractivity contribution in [3.63, 3.8) is 0 Å². The van der Waals surface area contributed by atoms with Crippen molar-refractivity contribution < 1.29 is 27.5 Å². The van der Waals surface area contributed by atoms with Crippen LogP contribution in [0.1, 0.15) is 40.1 Å². The number of nitrogens with zero attached hydrogens (tertiary/aromatic N) is 3.